The molecule has 10 heteroatoms. The molecule has 1 aliphatic heterocycles. The number of hydrogen-bond donors (Lipinski definition) is 1. The molecule has 0 fully saturated rings. The maximum absolute atomic E-state index is 12.0. The fourth-order valence-electron chi connectivity index (χ4n) is 1.67. The van der Waals surface area contributed by atoms with Crippen LogP contribution in [0, 0.1) is 10.1 Å². The van der Waals surface area contributed by atoms with E-state index >= 15 is 0 Å². The third-order valence-electron chi connectivity index (χ3n) is 2.66. The number of benzene rings is 1. The molecule has 1 aromatic carbocycles. The third kappa shape index (κ3) is 2.89. The van der Waals surface area contributed by atoms with Crippen LogP contribution in [0.2, 0.25) is 0 Å². The van der Waals surface area contributed by atoms with Gasteiger partial charge in [-0.25, -0.2) is 0 Å². The number of nitrogens with zero attached hydrogens (tertiary/aromatic N) is 5. The normalized spacial score (nSPS) is 18.1. The molecule has 0 radical (unpaired) electrons. The average Bonchev–Trinajstić information content (AvgIpc) is 2.72. The van der Waals surface area contributed by atoms with Gasteiger partial charge in [-0.15, -0.1) is 5.11 Å². The molecule has 0 bridgehead atoms. The Labute approximate surface area is 124 Å². The number of hydrogen-bond acceptors (Lipinski definition) is 7. The van der Waals surface area contributed by atoms with Gasteiger partial charge in [0.15, 0.2) is 16.8 Å². The lowest BCUT2D eigenvalue weighted by molar-refractivity contribution is -0.384. The highest BCUT2D eigenvalue weighted by atomic mass is 32.1. The van der Waals surface area contributed by atoms with Crippen LogP contribution in [0.15, 0.2) is 39.6 Å². The summed E-state index contributed by atoms with van der Waals surface area (Å²) in [6.45, 7) is 1.57. The zero-order valence-corrected chi connectivity index (χ0v) is 11.6. The number of hydrazone groups is 1. The van der Waals surface area contributed by atoms with E-state index in [1.165, 1.54) is 18.2 Å². The van der Waals surface area contributed by atoms with Crippen molar-refractivity contribution in [2.24, 2.45) is 21.1 Å². The quantitative estimate of drug-likeness (QED) is 0.392. The van der Waals surface area contributed by atoms with E-state index in [0.717, 1.165) is 5.01 Å². The second-order valence-corrected chi connectivity index (χ2v) is 4.51. The first-order valence-electron chi connectivity index (χ1n) is 5.74. The van der Waals surface area contributed by atoms with E-state index in [-0.39, 0.29) is 16.5 Å². The summed E-state index contributed by atoms with van der Waals surface area (Å²) >= 11 is 4.69. The molecule has 108 valence electrons. The number of nitrogens with two attached hydrogens (primary N) is 1. The van der Waals surface area contributed by atoms with Gasteiger partial charge in [-0.1, -0.05) is 12.1 Å². The van der Waals surface area contributed by atoms with Crippen molar-refractivity contribution in [2.45, 2.75) is 13.0 Å². The number of carbonyl (C=O) groups excluding carboxylic acids is 1. The van der Waals surface area contributed by atoms with Crippen molar-refractivity contribution in [1.29, 1.82) is 0 Å². The number of carbonyl (C=O) groups is 1. The molecule has 1 aromatic rings. The van der Waals surface area contributed by atoms with Gasteiger partial charge in [0.25, 0.3) is 11.6 Å². The van der Waals surface area contributed by atoms with Crippen molar-refractivity contribution in [3.8, 4) is 0 Å². The monoisotopic (exact) mass is 306 g/mol. The zero-order chi connectivity index (χ0) is 15.6. The fourth-order valence-corrected chi connectivity index (χ4v) is 1.80. The molecule has 0 spiro atoms. The van der Waals surface area contributed by atoms with Crippen LogP contribution in [0.3, 0.4) is 0 Å². The Balaban J connectivity index is 2.27. The average molecular weight is 306 g/mol. The molecule has 2 rings (SSSR count). The van der Waals surface area contributed by atoms with Crippen molar-refractivity contribution < 1.29 is 9.72 Å². The van der Waals surface area contributed by atoms with Crippen LogP contribution < -0.4 is 5.73 Å². The van der Waals surface area contributed by atoms with E-state index in [9.17, 15) is 14.9 Å². The van der Waals surface area contributed by atoms with Gasteiger partial charge < -0.3 is 5.73 Å². The lowest BCUT2D eigenvalue weighted by Crippen LogP contribution is -2.37. The van der Waals surface area contributed by atoms with Gasteiger partial charge in [-0.3, -0.25) is 14.9 Å². The number of amides is 1. The van der Waals surface area contributed by atoms with Crippen LogP contribution >= 0.6 is 12.2 Å². The van der Waals surface area contributed by atoms with Crippen LogP contribution in [0.1, 0.15) is 6.92 Å². The van der Waals surface area contributed by atoms with Crippen molar-refractivity contribution in [2.75, 3.05) is 0 Å². The predicted octanol–water partition coefficient (Wildman–Crippen LogP) is 1.51. The summed E-state index contributed by atoms with van der Waals surface area (Å²) in [6.07, 6.45) is 0. The fraction of sp³-hybridized carbons (Fsp3) is 0.182. The number of rotatable bonds is 3. The largest absolute Gasteiger partial charge is 0.374 e. The van der Waals surface area contributed by atoms with Crippen LogP contribution in [0.5, 0.6) is 0 Å². The first kappa shape index (κ1) is 14.7. The van der Waals surface area contributed by atoms with Crippen molar-refractivity contribution >= 4 is 40.3 Å². The Morgan fingerprint density at radius 2 is 2.19 bits per heavy atom. The van der Waals surface area contributed by atoms with E-state index in [0.29, 0.717) is 5.71 Å². The summed E-state index contributed by atoms with van der Waals surface area (Å²) < 4.78 is 0. The summed E-state index contributed by atoms with van der Waals surface area (Å²) in [7, 11) is 0. The highest BCUT2D eigenvalue weighted by Crippen LogP contribution is 2.27. The number of nitro groups is 1. The van der Waals surface area contributed by atoms with Gasteiger partial charge in [0.2, 0.25) is 0 Å². The molecule has 9 nitrogen and oxygen atoms in total. The van der Waals surface area contributed by atoms with Gasteiger partial charge in [-0.05, 0) is 25.2 Å². The van der Waals surface area contributed by atoms with E-state index in [2.05, 4.69) is 27.5 Å². The van der Waals surface area contributed by atoms with Gasteiger partial charge in [0.05, 0.1) is 10.6 Å². The Bertz CT molecular complexity index is 686. The van der Waals surface area contributed by atoms with E-state index in [1.54, 1.807) is 13.0 Å². The molecule has 0 unspecified atom stereocenters. The topological polar surface area (TPSA) is 127 Å². The first-order valence-corrected chi connectivity index (χ1v) is 6.15. The van der Waals surface area contributed by atoms with Crippen LogP contribution in [-0.2, 0) is 4.79 Å². The number of para-hydroxylation sites is 1. The second kappa shape index (κ2) is 5.71. The minimum atomic E-state index is -0.980. The Morgan fingerprint density at radius 3 is 2.76 bits per heavy atom. The molecule has 0 aliphatic carbocycles. The summed E-state index contributed by atoms with van der Waals surface area (Å²) in [5.41, 5.74) is 5.56. The summed E-state index contributed by atoms with van der Waals surface area (Å²) in [4.78, 5) is 22.2. The molecule has 0 aromatic heterocycles. The summed E-state index contributed by atoms with van der Waals surface area (Å²) in [5, 5.41) is 23.0. The van der Waals surface area contributed by atoms with Crippen molar-refractivity contribution in [3.05, 3.63) is 34.4 Å². The number of azo groups is 1. The van der Waals surface area contributed by atoms with E-state index in [4.69, 9.17) is 5.73 Å². The minimum Gasteiger partial charge on any atom is -0.374 e. The van der Waals surface area contributed by atoms with Gasteiger partial charge in [0.1, 0.15) is 0 Å². The van der Waals surface area contributed by atoms with Crippen LogP contribution in [0.4, 0.5) is 11.4 Å². The highest BCUT2D eigenvalue weighted by Gasteiger charge is 2.35. The van der Waals surface area contributed by atoms with Gasteiger partial charge in [-0.2, -0.15) is 15.2 Å². The molecule has 21 heavy (non-hydrogen) atoms. The maximum Gasteiger partial charge on any atom is 0.296 e. The summed E-state index contributed by atoms with van der Waals surface area (Å²) in [5.74, 6) is -0.540. The van der Waals surface area contributed by atoms with Gasteiger partial charge >= 0.3 is 0 Å². The molecular weight excluding hydrogens is 296 g/mol. The molecule has 1 heterocycles. The Kier molecular flexibility index (Phi) is 3.98. The molecule has 1 amide bonds. The molecule has 1 aliphatic rings. The Morgan fingerprint density at radius 1 is 1.52 bits per heavy atom. The number of thiocarbonyl (C=S) groups is 1. The number of nitro benzene ring substituents is 1. The van der Waals surface area contributed by atoms with E-state index < -0.39 is 16.9 Å². The molecule has 0 saturated carbocycles. The highest BCUT2D eigenvalue weighted by molar-refractivity contribution is 7.80. The standard InChI is InChI=1S/C11H10N6O3S/c1-6-9(10(18)16(15-6)11(12)21)14-13-7-4-2-3-5-8(7)17(19)20/h2-5,9H,1H3,(H2,12,21)/t9-/m0/s1. The smallest absolute Gasteiger partial charge is 0.296 e. The molecular formula is C11H10N6O3S. The van der Waals surface area contributed by atoms with Crippen molar-refractivity contribution in [1.82, 2.24) is 5.01 Å². The Hall–Kier alpha value is -2.75. The second-order valence-electron chi connectivity index (χ2n) is 4.09. The molecule has 1 atom stereocenters. The zero-order valence-electron chi connectivity index (χ0n) is 10.8. The van der Waals surface area contributed by atoms with E-state index in [1.807, 2.05) is 0 Å². The summed E-state index contributed by atoms with van der Waals surface area (Å²) in [6, 6.07) is 4.84. The van der Waals surface area contributed by atoms with Crippen molar-refractivity contribution in [3.63, 3.8) is 0 Å². The van der Waals surface area contributed by atoms with Crippen LogP contribution in [0.25, 0.3) is 0 Å². The van der Waals surface area contributed by atoms with Gasteiger partial charge in [0, 0.05) is 6.07 Å². The molecule has 0 saturated heterocycles. The van der Waals surface area contributed by atoms with Crippen LogP contribution in [-0.4, -0.2) is 32.7 Å². The first-order chi connectivity index (χ1) is 9.91. The predicted molar refractivity (Wildman–Crippen MR) is 78.1 cm³/mol. The maximum atomic E-state index is 12.0. The minimum absolute atomic E-state index is 0.0527. The SMILES string of the molecule is CC1=NN(C(N)=S)C(=O)[C@H]1N=Nc1ccccc1[N+](=O)[O-]. The lowest BCUT2D eigenvalue weighted by Gasteiger charge is -2.08. The molecule has 2 N–H and O–H groups in total. The lowest BCUT2D eigenvalue weighted by atomic mass is 10.2. The third-order valence-corrected chi connectivity index (χ3v) is 2.84.